The van der Waals surface area contributed by atoms with Gasteiger partial charge >= 0.3 is 6.36 Å². The number of aliphatic hydroxyl groups is 1. The molecule has 3 rings (SSSR count). The highest BCUT2D eigenvalue weighted by molar-refractivity contribution is 5.34. The van der Waals surface area contributed by atoms with E-state index in [9.17, 15) is 18.3 Å². The summed E-state index contributed by atoms with van der Waals surface area (Å²) in [5.41, 5.74) is 2.15. The second-order valence-corrected chi connectivity index (χ2v) is 8.08. The Morgan fingerprint density at radius 3 is 2.53 bits per heavy atom. The van der Waals surface area contributed by atoms with Gasteiger partial charge in [-0.15, -0.1) is 13.2 Å². The van der Waals surface area contributed by atoms with Crippen LogP contribution in [-0.2, 0) is 6.54 Å². The van der Waals surface area contributed by atoms with E-state index >= 15 is 0 Å². The molecule has 0 spiro atoms. The second-order valence-electron chi connectivity index (χ2n) is 8.08. The van der Waals surface area contributed by atoms with Crippen LogP contribution in [0.15, 0.2) is 42.5 Å². The number of halogens is 3. The molecule has 0 bridgehead atoms. The van der Waals surface area contributed by atoms with Gasteiger partial charge in [-0.25, -0.2) is 0 Å². The number of nitrogens with zero attached hydrogens (tertiary/aromatic N) is 1. The van der Waals surface area contributed by atoms with Crippen LogP contribution in [0.2, 0.25) is 0 Å². The summed E-state index contributed by atoms with van der Waals surface area (Å²) >= 11 is 0. The second kappa shape index (κ2) is 9.27. The fraction of sp³-hybridized carbons (Fsp3) is 0.478. The zero-order valence-corrected chi connectivity index (χ0v) is 17.3. The molecule has 7 heteroatoms. The molecule has 0 radical (unpaired) electrons. The maximum atomic E-state index is 12.4. The Balaban J connectivity index is 1.55. The van der Waals surface area contributed by atoms with Crippen LogP contribution in [0.25, 0.3) is 0 Å². The van der Waals surface area contributed by atoms with Gasteiger partial charge in [-0.1, -0.05) is 18.2 Å². The number of aryl methyl sites for hydroxylation is 2. The number of alkyl halides is 3. The van der Waals surface area contributed by atoms with Crippen LogP contribution in [0.5, 0.6) is 11.5 Å². The topological polar surface area (TPSA) is 41.9 Å². The third kappa shape index (κ3) is 6.64. The maximum absolute atomic E-state index is 12.4. The van der Waals surface area contributed by atoms with E-state index in [0.29, 0.717) is 25.9 Å². The molecule has 0 saturated carbocycles. The van der Waals surface area contributed by atoms with E-state index in [4.69, 9.17) is 4.74 Å². The molecule has 0 aromatic heterocycles. The van der Waals surface area contributed by atoms with Crippen molar-refractivity contribution in [3.8, 4) is 11.5 Å². The summed E-state index contributed by atoms with van der Waals surface area (Å²) in [5, 5.41) is 11.0. The van der Waals surface area contributed by atoms with Gasteiger partial charge in [-0.3, -0.25) is 4.90 Å². The number of likely N-dealkylation sites (tertiary alicyclic amines) is 1. The van der Waals surface area contributed by atoms with Crippen molar-refractivity contribution in [2.45, 2.75) is 51.6 Å². The van der Waals surface area contributed by atoms with E-state index in [-0.39, 0.29) is 12.4 Å². The Morgan fingerprint density at radius 2 is 1.80 bits per heavy atom. The van der Waals surface area contributed by atoms with Gasteiger partial charge in [0.1, 0.15) is 18.1 Å². The molecule has 2 aromatic carbocycles. The van der Waals surface area contributed by atoms with E-state index in [0.717, 1.165) is 29.8 Å². The van der Waals surface area contributed by atoms with E-state index in [1.807, 2.05) is 32.0 Å². The molecule has 0 amide bonds. The Bertz CT molecular complexity index is 856. The zero-order valence-electron chi connectivity index (χ0n) is 17.3. The minimum atomic E-state index is -4.70. The number of hydrogen-bond acceptors (Lipinski definition) is 4. The van der Waals surface area contributed by atoms with Crippen molar-refractivity contribution >= 4 is 0 Å². The summed E-state index contributed by atoms with van der Waals surface area (Å²) < 4.78 is 47.2. The van der Waals surface area contributed by atoms with Crippen molar-refractivity contribution in [1.82, 2.24) is 4.90 Å². The standard InChI is InChI=1S/C23H28F3NO3/c1-17-7-8-20(13-18(17)2)29-16-22(28)9-4-11-27(12-10-22)15-19-5-3-6-21(14-19)30-23(24,25)26/h3,5-8,13-14,28H,4,9-12,15-16H2,1-2H3. The molecule has 1 fully saturated rings. The lowest BCUT2D eigenvalue weighted by Gasteiger charge is -2.27. The van der Waals surface area contributed by atoms with Crippen LogP contribution >= 0.6 is 0 Å². The SMILES string of the molecule is Cc1ccc(OCC2(O)CCCN(Cc3cccc(OC(F)(F)F)c3)CC2)cc1C. The van der Waals surface area contributed by atoms with Crippen molar-refractivity contribution in [1.29, 1.82) is 0 Å². The predicted molar refractivity (Wildman–Crippen MR) is 109 cm³/mol. The highest BCUT2D eigenvalue weighted by Crippen LogP contribution is 2.27. The number of benzene rings is 2. The normalized spacial score (nSPS) is 20.6. The molecule has 1 unspecified atom stereocenters. The van der Waals surface area contributed by atoms with E-state index < -0.39 is 12.0 Å². The van der Waals surface area contributed by atoms with E-state index in [1.54, 1.807) is 12.1 Å². The Labute approximate surface area is 175 Å². The van der Waals surface area contributed by atoms with Crippen molar-refractivity contribution in [2.24, 2.45) is 0 Å². The highest BCUT2D eigenvalue weighted by atomic mass is 19.4. The molecule has 1 heterocycles. The van der Waals surface area contributed by atoms with E-state index in [2.05, 4.69) is 9.64 Å². The van der Waals surface area contributed by atoms with Crippen LogP contribution in [0.4, 0.5) is 13.2 Å². The van der Waals surface area contributed by atoms with Gasteiger partial charge in [0.15, 0.2) is 0 Å². The first kappa shape index (κ1) is 22.4. The molecule has 0 aliphatic carbocycles. The molecule has 30 heavy (non-hydrogen) atoms. The fourth-order valence-electron chi connectivity index (χ4n) is 3.66. The lowest BCUT2D eigenvalue weighted by molar-refractivity contribution is -0.274. The minimum absolute atomic E-state index is 0.215. The number of ether oxygens (including phenoxy) is 2. The van der Waals surface area contributed by atoms with E-state index in [1.165, 1.54) is 17.7 Å². The first-order valence-corrected chi connectivity index (χ1v) is 10.1. The average molecular weight is 423 g/mol. The Kier molecular flexibility index (Phi) is 6.93. The third-order valence-corrected chi connectivity index (χ3v) is 5.53. The lowest BCUT2D eigenvalue weighted by atomic mass is 9.96. The van der Waals surface area contributed by atoms with Crippen LogP contribution < -0.4 is 9.47 Å². The number of hydrogen-bond donors (Lipinski definition) is 1. The molecule has 4 nitrogen and oxygen atoms in total. The van der Waals surface area contributed by atoms with Crippen molar-refractivity contribution in [3.63, 3.8) is 0 Å². The van der Waals surface area contributed by atoms with Crippen molar-refractivity contribution in [2.75, 3.05) is 19.7 Å². The smallest absolute Gasteiger partial charge is 0.491 e. The van der Waals surface area contributed by atoms with Crippen molar-refractivity contribution < 1.29 is 27.8 Å². The van der Waals surface area contributed by atoms with Gasteiger partial charge in [-0.2, -0.15) is 0 Å². The van der Waals surface area contributed by atoms with Crippen LogP contribution in [0.1, 0.15) is 36.0 Å². The van der Waals surface area contributed by atoms with Gasteiger partial charge in [0.2, 0.25) is 0 Å². The average Bonchev–Trinajstić information content (AvgIpc) is 2.84. The summed E-state index contributed by atoms with van der Waals surface area (Å²) in [7, 11) is 0. The molecule has 164 valence electrons. The summed E-state index contributed by atoms with van der Waals surface area (Å²) in [6, 6.07) is 11.9. The van der Waals surface area contributed by atoms with Gasteiger partial charge in [0.05, 0.1) is 5.60 Å². The summed E-state index contributed by atoms with van der Waals surface area (Å²) in [6.07, 6.45) is -2.76. The Hall–Kier alpha value is -2.25. The minimum Gasteiger partial charge on any atom is -0.491 e. The molecule has 1 aliphatic rings. The van der Waals surface area contributed by atoms with Crippen LogP contribution in [0.3, 0.4) is 0 Å². The highest BCUT2D eigenvalue weighted by Gasteiger charge is 2.32. The molecule has 2 aromatic rings. The molecular weight excluding hydrogens is 395 g/mol. The molecular formula is C23H28F3NO3. The first-order chi connectivity index (χ1) is 14.1. The van der Waals surface area contributed by atoms with Crippen molar-refractivity contribution in [3.05, 3.63) is 59.2 Å². The van der Waals surface area contributed by atoms with Gasteiger partial charge < -0.3 is 14.6 Å². The molecule has 1 N–H and O–H groups in total. The monoisotopic (exact) mass is 423 g/mol. The molecule has 1 aliphatic heterocycles. The van der Waals surface area contributed by atoms with Crippen LogP contribution in [-0.4, -0.2) is 41.7 Å². The third-order valence-electron chi connectivity index (χ3n) is 5.53. The van der Waals surface area contributed by atoms with Gasteiger partial charge in [-0.05, 0) is 80.6 Å². The zero-order chi connectivity index (χ0) is 21.8. The predicted octanol–water partition coefficient (Wildman–Crippen LogP) is 5.00. The fourth-order valence-corrected chi connectivity index (χ4v) is 3.66. The molecule has 1 saturated heterocycles. The first-order valence-electron chi connectivity index (χ1n) is 10.1. The van der Waals surface area contributed by atoms with Gasteiger partial charge in [0.25, 0.3) is 0 Å². The van der Waals surface area contributed by atoms with Crippen LogP contribution in [0, 0.1) is 13.8 Å². The summed E-state index contributed by atoms with van der Waals surface area (Å²) in [5.74, 6) is 0.530. The molecule has 1 atom stereocenters. The Morgan fingerprint density at radius 1 is 1.00 bits per heavy atom. The lowest BCUT2D eigenvalue weighted by Crippen LogP contribution is -2.37. The summed E-state index contributed by atoms with van der Waals surface area (Å²) in [6.45, 7) is 6.18. The largest absolute Gasteiger partial charge is 0.573 e. The maximum Gasteiger partial charge on any atom is 0.573 e. The summed E-state index contributed by atoms with van der Waals surface area (Å²) in [4.78, 5) is 2.14. The quantitative estimate of drug-likeness (QED) is 0.710. The number of rotatable bonds is 6. The van der Waals surface area contributed by atoms with Gasteiger partial charge in [0, 0.05) is 13.1 Å².